The highest BCUT2D eigenvalue weighted by Crippen LogP contribution is 2.33. The second kappa shape index (κ2) is 7.47. The molecule has 1 aliphatic heterocycles. The number of nitrogens with one attached hydrogen (secondary N) is 2. The number of aromatic amines is 1. The number of ether oxygens (including phenoxy) is 1. The molecule has 1 unspecified atom stereocenters. The molecule has 31 heavy (non-hydrogen) atoms. The number of carbonyl (C=O) groups excluding carboxylic acids is 2. The van der Waals surface area contributed by atoms with Gasteiger partial charge < -0.3 is 25.7 Å². The molecule has 8 nitrogen and oxygen atoms in total. The number of pyridine rings is 1. The molecule has 9 heteroatoms. The van der Waals surface area contributed by atoms with Gasteiger partial charge >= 0.3 is 0 Å². The molecule has 3 aromatic rings. The van der Waals surface area contributed by atoms with Gasteiger partial charge in [-0.25, -0.2) is 0 Å². The Bertz CT molecular complexity index is 1180. The number of nitrogens with zero attached hydrogens (tertiary/aromatic N) is 2. The first-order valence-electron chi connectivity index (χ1n) is 10.1. The number of rotatable bonds is 3. The number of fused-ring (bicyclic) bond motifs is 3. The van der Waals surface area contributed by atoms with E-state index < -0.39 is 17.2 Å². The van der Waals surface area contributed by atoms with Crippen LogP contribution in [-0.4, -0.2) is 57.0 Å². The highest BCUT2D eigenvalue weighted by molar-refractivity contribution is 6.33. The molecule has 1 saturated heterocycles. The third kappa shape index (κ3) is 4.11. The van der Waals surface area contributed by atoms with Crippen LogP contribution in [0, 0.1) is 0 Å². The van der Waals surface area contributed by atoms with Gasteiger partial charge in [0, 0.05) is 22.0 Å². The minimum atomic E-state index is -1.11. The Hall–Kier alpha value is -2.68. The third-order valence-electron chi connectivity index (χ3n) is 5.41. The van der Waals surface area contributed by atoms with Gasteiger partial charge in [0.2, 0.25) is 11.8 Å². The Morgan fingerprint density at radius 2 is 2.10 bits per heavy atom. The molecule has 2 amide bonds. The number of amides is 2. The van der Waals surface area contributed by atoms with E-state index in [4.69, 9.17) is 22.1 Å². The summed E-state index contributed by atoms with van der Waals surface area (Å²) in [7, 11) is 0. The van der Waals surface area contributed by atoms with Crippen LogP contribution in [0.25, 0.3) is 21.8 Å². The van der Waals surface area contributed by atoms with Crippen LogP contribution in [0.4, 0.5) is 5.69 Å². The Morgan fingerprint density at radius 1 is 1.35 bits per heavy atom. The molecule has 4 rings (SSSR count). The van der Waals surface area contributed by atoms with Gasteiger partial charge in [0.15, 0.2) is 0 Å². The van der Waals surface area contributed by atoms with Crippen molar-refractivity contribution in [1.29, 1.82) is 0 Å². The zero-order valence-electron chi connectivity index (χ0n) is 18.0. The molecule has 0 aliphatic carbocycles. The van der Waals surface area contributed by atoms with Gasteiger partial charge in [-0.05, 0) is 45.9 Å². The van der Waals surface area contributed by atoms with Gasteiger partial charge in [-0.3, -0.25) is 14.6 Å². The number of carbonyl (C=O) groups is 2. The monoisotopic (exact) mass is 443 g/mol. The third-order valence-corrected chi connectivity index (χ3v) is 5.62. The molecule has 0 bridgehead atoms. The number of halogens is 1. The molecule has 164 valence electrons. The van der Waals surface area contributed by atoms with Crippen LogP contribution in [0.1, 0.15) is 27.7 Å². The molecule has 0 saturated carbocycles. The van der Waals surface area contributed by atoms with Crippen molar-refractivity contribution in [3.63, 3.8) is 0 Å². The first-order valence-corrected chi connectivity index (χ1v) is 10.4. The van der Waals surface area contributed by atoms with Gasteiger partial charge in [0.25, 0.3) is 0 Å². The maximum Gasteiger partial charge on any atom is 0.249 e. The number of hydrogen-bond donors (Lipinski definition) is 3. The summed E-state index contributed by atoms with van der Waals surface area (Å²) in [5.41, 5.74) is 6.45. The molecular weight excluding hydrogens is 418 g/mol. The molecule has 1 aliphatic rings. The highest BCUT2D eigenvalue weighted by atomic mass is 35.5. The summed E-state index contributed by atoms with van der Waals surface area (Å²) in [6, 6.07) is 4.59. The summed E-state index contributed by atoms with van der Waals surface area (Å²) in [5, 5.41) is 5.24. The predicted molar refractivity (Wildman–Crippen MR) is 121 cm³/mol. The number of aromatic nitrogens is 2. The fraction of sp³-hybridized carbons (Fsp3) is 0.409. The zero-order valence-corrected chi connectivity index (χ0v) is 18.7. The lowest BCUT2D eigenvalue weighted by Crippen LogP contribution is -2.64. The molecule has 1 aromatic carbocycles. The van der Waals surface area contributed by atoms with E-state index in [2.05, 4.69) is 15.3 Å². The maximum atomic E-state index is 13.3. The number of hydrogen-bond acceptors (Lipinski definition) is 5. The normalized spacial score (nSPS) is 19.0. The Balaban J connectivity index is 1.70. The number of morpholine rings is 1. The van der Waals surface area contributed by atoms with E-state index in [1.807, 2.05) is 26.0 Å². The van der Waals surface area contributed by atoms with Crippen LogP contribution in [0.5, 0.6) is 0 Å². The van der Waals surface area contributed by atoms with E-state index in [1.54, 1.807) is 32.3 Å². The smallest absolute Gasteiger partial charge is 0.249 e. The van der Waals surface area contributed by atoms with Crippen molar-refractivity contribution in [2.45, 2.75) is 44.9 Å². The van der Waals surface area contributed by atoms with Crippen LogP contribution in [0.3, 0.4) is 0 Å². The molecule has 3 heterocycles. The van der Waals surface area contributed by atoms with Gasteiger partial charge in [-0.1, -0.05) is 11.6 Å². The highest BCUT2D eigenvalue weighted by Gasteiger charge is 2.43. The van der Waals surface area contributed by atoms with E-state index in [0.29, 0.717) is 10.7 Å². The van der Waals surface area contributed by atoms with Crippen LogP contribution in [-0.2, 0) is 14.3 Å². The lowest BCUT2D eigenvalue weighted by Gasteiger charge is -2.44. The van der Waals surface area contributed by atoms with E-state index in [1.165, 1.54) is 4.90 Å². The first kappa shape index (κ1) is 21.5. The topological polar surface area (TPSA) is 113 Å². The van der Waals surface area contributed by atoms with Crippen molar-refractivity contribution in [3.8, 4) is 0 Å². The second-order valence-electron chi connectivity index (χ2n) is 9.15. The standard InChI is InChI=1S/C22H26ClN5O3/c1-21(2)11-28(20(30)22(3,4)24)17(10-31-21)19(29)27-15-8-12(23)7-14-13-5-6-25-9-16(13)26-18(14)15/h5-9,17,26H,10-11,24H2,1-4H3,(H,27,29). The van der Waals surface area contributed by atoms with Gasteiger partial charge in [0.1, 0.15) is 6.04 Å². The summed E-state index contributed by atoms with van der Waals surface area (Å²) in [6.07, 6.45) is 3.42. The molecule has 0 radical (unpaired) electrons. The van der Waals surface area contributed by atoms with Crippen LogP contribution in [0.2, 0.25) is 5.02 Å². The van der Waals surface area contributed by atoms with Crippen molar-refractivity contribution >= 4 is 50.9 Å². The summed E-state index contributed by atoms with van der Waals surface area (Å²) >= 11 is 6.34. The molecular formula is C22H26ClN5O3. The lowest BCUT2D eigenvalue weighted by atomic mass is 9.98. The van der Waals surface area contributed by atoms with Crippen molar-refractivity contribution < 1.29 is 14.3 Å². The Morgan fingerprint density at radius 3 is 2.81 bits per heavy atom. The molecule has 2 aromatic heterocycles. The molecule has 1 atom stereocenters. The van der Waals surface area contributed by atoms with Gasteiger partial charge in [0.05, 0.1) is 47.2 Å². The maximum absolute atomic E-state index is 13.3. The Labute approximate surface area is 185 Å². The summed E-state index contributed by atoms with van der Waals surface area (Å²) < 4.78 is 5.85. The van der Waals surface area contributed by atoms with E-state index in [-0.39, 0.29) is 25.0 Å². The molecule has 0 spiro atoms. The summed E-state index contributed by atoms with van der Waals surface area (Å²) in [6.45, 7) is 7.35. The number of anilines is 1. The first-order chi connectivity index (χ1) is 14.5. The van der Waals surface area contributed by atoms with Crippen molar-refractivity contribution in [2.24, 2.45) is 5.73 Å². The average molecular weight is 444 g/mol. The number of nitrogens with two attached hydrogens (primary N) is 1. The Kier molecular flexibility index (Phi) is 5.20. The van der Waals surface area contributed by atoms with Crippen molar-refractivity contribution in [1.82, 2.24) is 14.9 Å². The van der Waals surface area contributed by atoms with Crippen molar-refractivity contribution in [2.75, 3.05) is 18.5 Å². The van der Waals surface area contributed by atoms with Crippen LogP contribution in [0.15, 0.2) is 30.6 Å². The number of benzene rings is 1. The lowest BCUT2D eigenvalue weighted by molar-refractivity contribution is -0.164. The molecule has 4 N–H and O–H groups in total. The zero-order chi connectivity index (χ0) is 22.6. The quantitative estimate of drug-likeness (QED) is 0.575. The molecule has 1 fully saturated rings. The minimum Gasteiger partial charge on any atom is -0.371 e. The fourth-order valence-corrected chi connectivity index (χ4v) is 4.11. The average Bonchev–Trinajstić information content (AvgIpc) is 3.04. The van der Waals surface area contributed by atoms with Crippen molar-refractivity contribution in [3.05, 3.63) is 35.6 Å². The summed E-state index contributed by atoms with van der Waals surface area (Å²) in [4.78, 5) is 35.2. The van der Waals surface area contributed by atoms with E-state index in [9.17, 15) is 9.59 Å². The van der Waals surface area contributed by atoms with Crippen LogP contribution >= 0.6 is 11.6 Å². The van der Waals surface area contributed by atoms with E-state index >= 15 is 0 Å². The fourth-order valence-electron chi connectivity index (χ4n) is 3.89. The van der Waals surface area contributed by atoms with E-state index in [0.717, 1.165) is 21.8 Å². The second-order valence-corrected chi connectivity index (χ2v) is 9.59. The van der Waals surface area contributed by atoms with Gasteiger partial charge in [-0.2, -0.15) is 0 Å². The predicted octanol–water partition coefficient (Wildman–Crippen LogP) is 3.05. The van der Waals surface area contributed by atoms with Gasteiger partial charge in [-0.15, -0.1) is 0 Å². The summed E-state index contributed by atoms with van der Waals surface area (Å²) in [5.74, 6) is -0.676. The SMILES string of the molecule is CC1(C)CN(C(=O)C(C)(C)N)C(C(=O)Nc2cc(Cl)cc3c2[nH]c2cnccc23)CO1. The largest absolute Gasteiger partial charge is 0.371 e. The number of H-pyrrole nitrogens is 1. The minimum absolute atomic E-state index is 0.0704. The van der Waals surface area contributed by atoms with Crippen LogP contribution < -0.4 is 11.1 Å².